The average Bonchev–Trinajstić information content (AvgIpc) is 2.94. The third-order valence-electron chi connectivity index (χ3n) is 4.24. The Labute approximate surface area is 121 Å². The van der Waals surface area contributed by atoms with E-state index in [2.05, 4.69) is 28.0 Å². The van der Waals surface area contributed by atoms with Crippen molar-refractivity contribution in [3.05, 3.63) is 29.3 Å². The molecule has 0 amide bonds. The minimum Gasteiger partial charge on any atom is -0.493 e. The van der Waals surface area contributed by atoms with E-state index in [1.54, 1.807) is 7.11 Å². The van der Waals surface area contributed by atoms with Gasteiger partial charge in [0, 0.05) is 52.8 Å². The Balaban J connectivity index is 1.50. The van der Waals surface area contributed by atoms with Crippen LogP contribution in [-0.4, -0.2) is 62.8 Å². The van der Waals surface area contributed by atoms with Gasteiger partial charge in [-0.15, -0.1) is 0 Å². The molecule has 110 valence electrons. The number of methoxy groups -OCH3 is 1. The Bertz CT molecular complexity index is 442. The van der Waals surface area contributed by atoms with E-state index >= 15 is 0 Å². The van der Waals surface area contributed by atoms with E-state index in [1.807, 2.05) is 0 Å². The van der Waals surface area contributed by atoms with E-state index in [-0.39, 0.29) is 0 Å². The zero-order valence-electron chi connectivity index (χ0n) is 12.3. The van der Waals surface area contributed by atoms with Gasteiger partial charge < -0.3 is 9.47 Å². The van der Waals surface area contributed by atoms with Crippen LogP contribution in [-0.2, 0) is 17.7 Å². The van der Waals surface area contributed by atoms with Crippen molar-refractivity contribution >= 4 is 0 Å². The highest BCUT2D eigenvalue weighted by molar-refractivity contribution is 5.39. The number of benzene rings is 1. The van der Waals surface area contributed by atoms with Crippen molar-refractivity contribution in [2.75, 3.05) is 53.0 Å². The third kappa shape index (κ3) is 3.32. The molecule has 0 radical (unpaired) electrons. The van der Waals surface area contributed by atoms with Crippen molar-refractivity contribution in [3.63, 3.8) is 0 Å². The van der Waals surface area contributed by atoms with Gasteiger partial charge in [-0.3, -0.25) is 9.80 Å². The van der Waals surface area contributed by atoms with Crippen LogP contribution in [0.4, 0.5) is 0 Å². The van der Waals surface area contributed by atoms with Crippen LogP contribution in [0, 0.1) is 0 Å². The van der Waals surface area contributed by atoms with Crippen LogP contribution in [0.15, 0.2) is 18.2 Å². The zero-order chi connectivity index (χ0) is 13.8. The zero-order valence-corrected chi connectivity index (χ0v) is 12.3. The monoisotopic (exact) mass is 276 g/mol. The van der Waals surface area contributed by atoms with E-state index in [9.17, 15) is 0 Å². The molecule has 1 saturated heterocycles. The van der Waals surface area contributed by atoms with Crippen molar-refractivity contribution in [3.8, 4) is 5.75 Å². The fraction of sp³-hybridized carbons (Fsp3) is 0.625. The number of nitrogens with zero attached hydrogens (tertiary/aromatic N) is 2. The van der Waals surface area contributed by atoms with Crippen LogP contribution >= 0.6 is 0 Å². The van der Waals surface area contributed by atoms with Gasteiger partial charge in [-0.2, -0.15) is 0 Å². The first-order valence-electron chi connectivity index (χ1n) is 7.53. The van der Waals surface area contributed by atoms with E-state index in [4.69, 9.17) is 9.47 Å². The summed E-state index contributed by atoms with van der Waals surface area (Å²) in [6.45, 7) is 8.40. The summed E-state index contributed by atoms with van der Waals surface area (Å²) < 4.78 is 10.7. The minimum atomic E-state index is 0.838. The first kappa shape index (κ1) is 13.9. The molecule has 0 N–H and O–H groups in total. The van der Waals surface area contributed by atoms with Gasteiger partial charge in [-0.1, -0.05) is 12.1 Å². The Hall–Kier alpha value is -1.10. The molecule has 0 unspecified atom stereocenters. The van der Waals surface area contributed by atoms with Crippen LogP contribution in [0.25, 0.3) is 0 Å². The lowest BCUT2D eigenvalue weighted by molar-refractivity contribution is 0.0938. The molecule has 0 aliphatic carbocycles. The van der Waals surface area contributed by atoms with Crippen LogP contribution in [0.5, 0.6) is 5.75 Å². The second kappa shape index (κ2) is 6.57. The SMILES string of the molecule is COCCN1CCN(Cc2ccc3c(c2)CCO3)CC1. The predicted octanol–water partition coefficient (Wildman–Crippen LogP) is 1.39. The van der Waals surface area contributed by atoms with E-state index in [0.717, 1.165) is 64.7 Å². The Morgan fingerprint density at radius 2 is 1.95 bits per heavy atom. The number of ether oxygens (including phenoxy) is 2. The lowest BCUT2D eigenvalue weighted by atomic mass is 10.1. The van der Waals surface area contributed by atoms with E-state index < -0.39 is 0 Å². The summed E-state index contributed by atoms with van der Waals surface area (Å²) in [5, 5.41) is 0. The molecule has 2 aliphatic heterocycles. The van der Waals surface area contributed by atoms with Crippen molar-refractivity contribution in [2.24, 2.45) is 0 Å². The molecule has 1 fully saturated rings. The number of fused-ring (bicyclic) bond motifs is 1. The largest absolute Gasteiger partial charge is 0.493 e. The molecule has 4 nitrogen and oxygen atoms in total. The second-order valence-electron chi connectivity index (χ2n) is 5.65. The predicted molar refractivity (Wildman–Crippen MR) is 79.2 cm³/mol. The molecule has 3 rings (SSSR count). The van der Waals surface area contributed by atoms with E-state index in [1.165, 1.54) is 11.1 Å². The molecule has 0 saturated carbocycles. The highest BCUT2D eigenvalue weighted by Gasteiger charge is 2.18. The van der Waals surface area contributed by atoms with Gasteiger partial charge in [0.15, 0.2) is 0 Å². The van der Waals surface area contributed by atoms with Gasteiger partial charge >= 0.3 is 0 Å². The normalized spacial score (nSPS) is 19.9. The summed E-state index contributed by atoms with van der Waals surface area (Å²) in [7, 11) is 1.77. The number of rotatable bonds is 5. The smallest absolute Gasteiger partial charge is 0.122 e. The van der Waals surface area contributed by atoms with Crippen LogP contribution in [0.1, 0.15) is 11.1 Å². The highest BCUT2D eigenvalue weighted by Crippen LogP contribution is 2.26. The first-order chi connectivity index (χ1) is 9.85. The number of piperazine rings is 1. The molecule has 1 aromatic rings. The molecule has 20 heavy (non-hydrogen) atoms. The molecule has 4 heteroatoms. The standard InChI is InChI=1S/C16H24N2O2/c1-19-11-9-17-5-7-18(8-6-17)13-14-2-3-16-15(12-14)4-10-20-16/h2-3,12H,4-11,13H2,1H3. The summed E-state index contributed by atoms with van der Waals surface area (Å²) in [5.74, 6) is 1.08. The van der Waals surface area contributed by atoms with Gasteiger partial charge in [0.25, 0.3) is 0 Å². The maximum Gasteiger partial charge on any atom is 0.122 e. The number of hydrogen-bond donors (Lipinski definition) is 0. The molecule has 0 atom stereocenters. The first-order valence-corrected chi connectivity index (χ1v) is 7.53. The van der Waals surface area contributed by atoms with Crippen LogP contribution in [0.2, 0.25) is 0 Å². The summed E-state index contributed by atoms with van der Waals surface area (Å²) in [5.41, 5.74) is 2.79. The lowest BCUT2D eigenvalue weighted by Gasteiger charge is -2.34. The molecule has 2 aliphatic rings. The molecule has 0 spiro atoms. The highest BCUT2D eigenvalue weighted by atomic mass is 16.5. The second-order valence-corrected chi connectivity index (χ2v) is 5.65. The number of hydrogen-bond acceptors (Lipinski definition) is 4. The third-order valence-corrected chi connectivity index (χ3v) is 4.24. The maximum atomic E-state index is 5.56. The van der Waals surface area contributed by atoms with Crippen molar-refractivity contribution < 1.29 is 9.47 Å². The molecule has 0 bridgehead atoms. The van der Waals surface area contributed by atoms with Crippen molar-refractivity contribution in [2.45, 2.75) is 13.0 Å². The summed E-state index contributed by atoms with van der Waals surface area (Å²) in [6.07, 6.45) is 1.06. The lowest BCUT2D eigenvalue weighted by Crippen LogP contribution is -2.46. The van der Waals surface area contributed by atoms with Crippen LogP contribution < -0.4 is 4.74 Å². The summed E-state index contributed by atoms with van der Waals surface area (Å²) in [4.78, 5) is 5.03. The molecule has 2 heterocycles. The van der Waals surface area contributed by atoms with Gasteiger partial charge in [-0.05, 0) is 17.2 Å². The van der Waals surface area contributed by atoms with Crippen molar-refractivity contribution in [1.82, 2.24) is 9.80 Å². The van der Waals surface area contributed by atoms with Crippen molar-refractivity contribution in [1.29, 1.82) is 0 Å². The Morgan fingerprint density at radius 1 is 1.15 bits per heavy atom. The summed E-state index contributed by atoms with van der Waals surface area (Å²) in [6, 6.07) is 6.66. The van der Waals surface area contributed by atoms with Gasteiger partial charge in [-0.25, -0.2) is 0 Å². The maximum absolute atomic E-state index is 5.56. The molecule has 1 aromatic carbocycles. The van der Waals surface area contributed by atoms with E-state index in [0.29, 0.717) is 0 Å². The van der Waals surface area contributed by atoms with Crippen LogP contribution in [0.3, 0.4) is 0 Å². The minimum absolute atomic E-state index is 0.838. The van der Waals surface area contributed by atoms with Gasteiger partial charge in [0.1, 0.15) is 5.75 Å². The Kier molecular flexibility index (Phi) is 4.55. The molecular formula is C16H24N2O2. The van der Waals surface area contributed by atoms with Gasteiger partial charge in [0.05, 0.1) is 13.2 Å². The fourth-order valence-electron chi connectivity index (χ4n) is 2.99. The quantitative estimate of drug-likeness (QED) is 0.811. The van der Waals surface area contributed by atoms with Gasteiger partial charge in [0.2, 0.25) is 0 Å². The fourth-order valence-corrected chi connectivity index (χ4v) is 2.99. The average molecular weight is 276 g/mol. The topological polar surface area (TPSA) is 24.9 Å². The molecule has 0 aromatic heterocycles. The molecular weight excluding hydrogens is 252 g/mol. The summed E-state index contributed by atoms with van der Waals surface area (Å²) >= 11 is 0. The Morgan fingerprint density at radius 3 is 2.75 bits per heavy atom.